The number of amides is 1. The second kappa shape index (κ2) is 6.70. The van der Waals surface area contributed by atoms with E-state index in [9.17, 15) is 4.79 Å². The highest BCUT2D eigenvalue weighted by Crippen LogP contribution is 2.31. The Morgan fingerprint density at radius 1 is 1.26 bits per heavy atom. The highest BCUT2D eigenvalue weighted by Gasteiger charge is 2.24. The molecular weight excluding hydrogens is 312 g/mol. The Bertz CT molecular complexity index is 707. The minimum atomic E-state index is -0.222. The third-order valence-electron chi connectivity index (χ3n) is 3.96. The summed E-state index contributed by atoms with van der Waals surface area (Å²) in [5.41, 5.74) is 0. The molecule has 1 saturated heterocycles. The summed E-state index contributed by atoms with van der Waals surface area (Å²) in [7, 11) is 0. The van der Waals surface area contributed by atoms with E-state index in [1.807, 2.05) is 6.92 Å². The van der Waals surface area contributed by atoms with Crippen molar-refractivity contribution in [3.63, 3.8) is 0 Å². The molecule has 0 aromatic carbocycles. The molecule has 2 aromatic heterocycles. The van der Waals surface area contributed by atoms with E-state index in [1.54, 1.807) is 16.2 Å². The molecule has 6 nitrogen and oxygen atoms in total. The topological polar surface area (TPSA) is 58.6 Å². The molecule has 1 aliphatic heterocycles. The molecule has 1 amide bonds. The molecule has 3 rings (SSSR count). The summed E-state index contributed by atoms with van der Waals surface area (Å²) in [6, 6.07) is 2.16. The summed E-state index contributed by atoms with van der Waals surface area (Å²) in [6.45, 7) is 9.27. The monoisotopic (exact) mass is 334 g/mol. The minimum absolute atomic E-state index is 0.222. The van der Waals surface area contributed by atoms with Crippen molar-refractivity contribution in [2.24, 2.45) is 0 Å². The van der Waals surface area contributed by atoms with Crippen molar-refractivity contribution in [3.05, 3.63) is 16.8 Å². The van der Waals surface area contributed by atoms with Crippen molar-refractivity contribution in [2.45, 2.75) is 27.2 Å². The van der Waals surface area contributed by atoms with Gasteiger partial charge in [-0.15, -0.1) is 11.3 Å². The number of carbonyl (C=O) groups excluding carboxylic acids is 1. The average molecular weight is 334 g/mol. The van der Waals surface area contributed by atoms with E-state index in [-0.39, 0.29) is 6.09 Å². The van der Waals surface area contributed by atoms with Crippen LogP contribution in [0.25, 0.3) is 10.2 Å². The molecule has 1 fully saturated rings. The molecule has 0 unspecified atom stereocenters. The van der Waals surface area contributed by atoms with Gasteiger partial charge in [0.1, 0.15) is 16.5 Å². The summed E-state index contributed by atoms with van der Waals surface area (Å²) in [6.07, 6.45) is 0.600. The van der Waals surface area contributed by atoms with Gasteiger partial charge in [-0.1, -0.05) is 6.92 Å². The number of hydrogen-bond acceptors (Lipinski definition) is 6. The Balaban J connectivity index is 1.83. The number of piperazine rings is 1. The fraction of sp³-hybridized carbons (Fsp3) is 0.562. The fourth-order valence-electron chi connectivity index (χ4n) is 2.78. The van der Waals surface area contributed by atoms with Gasteiger partial charge in [0.15, 0.2) is 0 Å². The quantitative estimate of drug-likeness (QED) is 0.864. The maximum Gasteiger partial charge on any atom is 0.409 e. The summed E-state index contributed by atoms with van der Waals surface area (Å²) in [5, 5.41) is 1.12. The Morgan fingerprint density at radius 3 is 2.65 bits per heavy atom. The second-order valence-corrected chi connectivity index (χ2v) is 6.80. The lowest BCUT2D eigenvalue weighted by atomic mass is 10.2. The summed E-state index contributed by atoms with van der Waals surface area (Å²) in [4.78, 5) is 27.5. The van der Waals surface area contributed by atoms with Crippen molar-refractivity contribution >= 4 is 33.5 Å². The largest absolute Gasteiger partial charge is 0.450 e. The zero-order valence-electron chi connectivity index (χ0n) is 13.8. The normalized spacial score (nSPS) is 15.3. The second-order valence-electron chi connectivity index (χ2n) is 5.57. The van der Waals surface area contributed by atoms with E-state index >= 15 is 0 Å². The molecule has 0 spiro atoms. The molecule has 23 heavy (non-hydrogen) atoms. The molecule has 124 valence electrons. The van der Waals surface area contributed by atoms with Gasteiger partial charge in [-0.05, 0) is 19.9 Å². The highest BCUT2D eigenvalue weighted by atomic mass is 32.1. The molecule has 0 N–H and O–H groups in total. The van der Waals surface area contributed by atoms with E-state index in [4.69, 9.17) is 9.72 Å². The maximum atomic E-state index is 11.8. The molecule has 0 radical (unpaired) electrons. The number of anilines is 1. The Hall–Kier alpha value is -1.89. The van der Waals surface area contributed by atoms with Crippen molar-refractivity contribution in [1.29, 1.82) is 0 Å². The standard InChI is InChI=1S/C16H22N4O2S/c1-4-13-17-14(12-10-11(3)23-15(12)18-13)19-6-8-20(9-7-19)16(21)22-5-2/h10H,4-9H2,1-3H3. The zero-order chi connectivity index (χ0) is 16.4. The van der Waals surface area contributed by atoms with Gasteiger partial charge in [0.05, 0.1) is 12.0 Å². The van der Waals surface area contributed by atoms with Gasteiger partial charge in [-0.25, -0.2) is 14.8 Å². The van der Waals surface area contributed by atoms with Crippen LogP contribution in [0.15, 0.2) is 6.07 Å². The first kappa shape index (κ1) is 16.0. The van der Waals surface area contributed by atoms with Crippen LogP contribution in [0.2, 0.25) is 0 Å². The Kier molecular flexibility index (Phi) is 4.66. The van der Waals surface area contributed by atoms with Crippen LogP contribution in [-0.2, 0) is 11.2 Å². The van der Waals surface area contributed by atoms with E-state index in [0.717, 1.165) is 41.4 Å². The van der Waals surface area contributed by atoms with Crippen LogP contribution in [0.4, 0.5) is 10.6 Å². The first-order valence-electron chi connectivity index (χ1n) is 8.06. The van der Waals surface area contributed by atoms with Crippen LogP contribution in [0.1, 0.15) is 24.5 Å². The lowest BCUT2D eigenvalue weighted by Crippen LogP contribution is -2.49. The predicted molar refractivity (Wildman–Crippen MR) is 92.3 cm³/mol. The lowest BCUT2D eigenvalue weighted by molar-refractivity contribution is 0.105. The van der Waals surface area contributed by atoms with E-state index < -0.39 is 0 Å². The number of nitrogens with zero attached hydrogens (tertiary/aromatic N) is 4. The molecular formula is C16H22N4O2S. The maximum absolute atomic E-state index is 11.8. The molecule has 0 saturated carbocycles. The molecule has 0 atom stereocenters. The Morgan fingerprint density at radius 2 is 2.00 bits per heavy atom. The smallest absolute Gasteiger partial charge is 0.409 e. The van der Waals surface area contributed by atoms with Crippen LogP contribution in [0, 0.1) is 6.92 Å². The number of rotatable bonds is 3. The van der Waals surface area contributed by atoms with Gasteiger partial charge < -0.3 is 14.5 Å². The molecule has 0 aliphatic carbocycles. The molecule has 0 bridgehead atoms. The van der Waals surface area contributed by atoms with E-state index in [2.05, 4.69) is 29.8 Å². The number of ether oxygens (including phenoxy) is 1. The van der Waals surface area contributed by atoms with Crippen LogP contribution < -0.4 is 4.90 Å². The molecule has 3 heterocycles. The SMILES string of the molecule is CCOC(=O)N1CCN(c2nc(CC)nc3sc(C)cc23)CC1. The Labute approximate surface area is 140 Å². The molecule has 2 aromatic rings. The first-order chi connectivity index (χ1) is 11.1. The highest BCUT2D eigenvalue weighted by molar-refractivity contribution is 7.18. The first-order valence-corrected chi connectivity index (χ1v) is 8.87. The van der Waals surface area contributed by atoms with Gasteiger partial charge in [-0.2, -0.15) is 0 Å². The third-order valence-corrected chi connectivity index (χ3v) is 4.91. The number of aryl methyl sites for hydroxylation is 2. The zero-order valence-corrected chi connectivity index (χ0v) is 14.7. The van der Waals surface area contributed by atoms with E-state index in [0.29, 0.717) is 19.7 Å². The van der Waals surface area contributed by atoms with Crippen molar-refractivity contribution < 1.29 is 9.53 Å². The van der Waals surface area contributed by atoms with Crippen molar-refractivity contribution in [3.8, 4) is 0 Å². The number of hydrogen-bond donors (Lipinski definition) is 0. The summed E-state index contributed by atoms with van der Waals surface area (Å²) < 4.78 is 5.08. The lowest BCUT2D eigenvalue weighted by Gasteiger charge is -2.35. The average Bonchev–Trinajstić information content (AvgIpc) is 2.94. The fourth-order valence-corrected chi connectivity index (χ4v) is 3.68. The van der Waals surface area contributed by atoms with Crippen LogP contribution in [0.3, 0.4) is 0 Å². The molecule has 7 heteroatoms. The molecule has 1 aliphatic rings. The summed E-state index contributed by atoms with van der Waals surface area (Å²) in [5.74, 6) is 1.88. The predicted octanol–water partition coefficient (Wildman–Crippen LogP) is 2.84. The third kappa shape index (κ3) is 3.24. The van der Waals surface area contributed by atoms with Crippen LogP contribution in [0.5, 0.6) is 0 Å². The van der Waals surface area contributed by atoms with Gasteiger partial charge in [-0.3, -0.25) is 0 Å². The number of aromatic nitrogens is 2. The number of fused-ring (bicyclic) bond motifs is 1. The number of thiophene rings is 1. The van der Waals surface area contributed by atoms with Gasteiger partial charge in [0.25, 0.3) is 0 Å². The van der Waals surface area contributed by atoms with E-state index in [1.165, 1.54) is 4.88 Å². The summed E-state index contributed by atoms with van der Waals surface area (Å²) >= 11 is 1.71. The van der Waals surface area contributed by atoms with Crippen molar-refractivity contribution in [1.82, 2.24) is 14.9 Å². The van der Waals surface area contributed by atoms with Crippen LogP contribution >= 0.6 is 11.3 Å². The van der Waals surface area contributed by atoms with Gasteiger partial charge >= 0.3 is 6.09 Å². The minimum Gasteiger partial charge on any atom is -0.450 e. The van der Waals surface area contributed by atoms with Crippen LogP contribution in [-0.4, -0.2) is 53.7 Å². The van der Waals surface area contributed by atoms with Crippen molar-refractivity contribution in [2.75, 3.05) is 37.7 Å². The number of carbonyl (C=O) groups is 1. The van der Waals surface area contributed by atoms with Gasteiger partial charge in [0, 0.05) is 37.5 Å². The van der Waals surface area contributed by atoms with Gasteiger partial charge in [0.2, 0.25) is 0 Å².